The highest BCUT2D eigenvalue weighted by Gasteiger charge is 2.10. The molecule has 0 aliphatic rings. The van der Waals surface area contributed by atoms with Crippen LogP contribution in [0.1, 0.15) is 12.0 Å². The van der Waals surface area contributed by atoms with Crippen molar-refractivity contribution in [1.29, 1.82) is 0 Å². The first-order chi connectivity index (χ1) is 8.76. The third-order valence-corrected chi connectivity index (χ3v) is 2.08. The van der Waals surface area contributed by atoms with Gasteiger partial charge in [0.15, 0.2) is 6.79 Å². The summed E-state index contributed by atoms with van der Waals surface area (Å²) in [6, 6.07) is 9.07. The number of hydrogen-bond acceptors (Lipinski definition) is 5. The van der Waals surface area contributed by atoms with Gasteiger partial charge in [-0.2, -0.15) is 0 Å². The van der Waals surface area contributed by atoms with Gasteiger partial charge in [-0.3, -0.25) is 14.4 Å². The van der Waals surface area contributed by atoms with Crippen molar-refractivity contribution in [3.63, 3.8) is 0 Å². The molecule has 18 heavy (non-hydrogen) atoms. The van der Waals surface area contributed by atoms with Gasteiger partial charge in [0.25, 0.3) is 0 Å². The molecular weight excluding hydrogens is 236 g/mol. The van der Waals surface area contributed by atoms with E-state index >= 15 is 0 Å². The molecule has 94 valence electrons. The smallest absolute Gasteiger partial charge is 0.312 e. The lowest BCUT2D eigenvalue weighted by atomic mass is 10.2. The first-order valence-electron chi connectivity index (χ1n) is 5.30. The maximum atomic E-state index is 11.4. The number of carbonyl (C=O) groups excluding carboxylic acids is 3. The third kappa shape index (κ3) is 5.36. The van der Waals surface area contributed by atoms with Gasteiger partial charge in [-0.05, 0) is 5.56 Å². The fourth-order valence-electron chi connectivity index (χ4n) is 1.21. The molecular formula is C13H12O5. The monoisotopic (exact) mass is 248 g/mol. The van der Waals surface area contributed by atoms with Crippen molar-refractivity contribution >= 4 is 18.5 Å². The molecule has 1 atom stereocenters. The van der Waals surface area contributed by atoms with Gasteiger partial charge < -0.3 is 9.47 Å². The predicted octanol–water partition coefficient (Wildman–Crippen LogP) is 0.724. The minimum Gasteiger partial charge on any atom is -0.438 e. The van der Waals surface area contributed by atoms with Gasteiger partial charge in [0.2, 0.25) is 12.6 Å². The summed E-state index contributed by atoms with van der Waals surface area (Å²) in [7, 11) is 0. The second-order valence-corrected chi connectivity index (χ2v) is 3.42. The van der Waals surface area contributed by atoms with E-state index in [-0.39, 0.29) is 19.6 Å². The molecule has 5 heteroatoms. The van der Waals surface area contributed by atoms with Crippen LogP contribution in [0.2, 0.25) is 0 Å². The Kier molecular flexibility index (Phi) is 6.35. The zero-order valence-electron chi connectivity index (χ0n) is 9.63. The number of hydrogen-bond donors (Lipinski definition) is 0. The molecule has 0 aliphatic carbocycles. The van der Waals surface area contributed by atoms with Crippen molar-refractivity contribution in [2.75, 3.05) is 6.79 Å². The number of benzene rings is 1. The van der Waals surface area contributed by atoms with Crippen molar-refractivity contribution in [3.05, 3.63) is 35.9 Å². The summed E-state index contributed by atoms with van der Waals surface area (Å²) < 4.78 is 9.57. The van der Waals surface area contributed by atoms with E-state index in [4.69, 9.17) is 9.47 Å². The number of carbonyl (C=O) groups is 1. The van der Waals surface area contributed by atoms with Crippen molar-refractivity contribution < 1.29 is 23.9 Å². The fraction of sp³-hybridized carbons (Fsp3) is 0.308. The minimum atomic E-state index is -1.04. The van der Waals surface area contributed by atoms with Crippen LogP contribution in [0.5, 0.6) is 0 Å². The van der Waals surface area contributed by atoms with E-state index in [9.17, 15) is 14.4 Å². The van der Waals surface area contributed by atoms with Crippen molar-refractivity contribution in [3.8, 4) is 0 Å². The van der Waals surface area contributed by atoms with Crippen LogP contribution in [-0.2, 0) is 30.3 Å². The molecule has 1 rings (SSSR count). The second kappa shape index (κ2) is 8.14. The molecule has 2 radical (unpaired) electrons. The topological polar surface area (TPSA) is 69.7 Å². The molecule has 1 aromatic rings. The molecule has 0 saturated carbocycles. The minimum absolute atomic E-state index is 0.124. The van der Waals surface area contributed by atoms with Crippen LogP contribution in [0.4, 0.5) is 0 Å². The number of rotatable bonds is 8. The average Bonchev–Trinajstić information content (AvgIpc) is 2.39. The highest BCUT2D eigenvalue weighted by Crippen LogP contribution is 2.01. The number of esters is 1. The Labute approximate surface area is 105 Å². The first-order valence-corrected chi connectivity index (χ1v) is 5.30. The lowest BCUT2D eigenvalue weighted by Gasteiger charge is -2.08. The second-order valence-electron chi connectivity index (χ2n) is 3.42. The van der Waals surface area contributed by atoms with E-state index in [1.165, 1.54) is 12.6 Å². The van der Waals surface area contributed by atoms with E-state index in [0.717, 1.165) is 5.56 Å². The van der Waals surface area contributed by atoms with Crippen LogP contribution < -0.4 is 0 Å². The van der Waals surface area contributed by atoms with E-state index < -0.39 is 12.1 Å². The van der Waals surface area contributed by atoms with Crippen LogP contribution >= 0.6 is 0 Å². The molecule has 0 saturated heterocycles. The van der Waals surface area contributed by atoms with E-state index in [1.54, 1.807) is 12.1 Å². The maximum absolute atomic E-state index is 11.4. The summed E-state index contributed by atoms with van der Waals surface area (Å²) in [6.45, 7) is -0.382. The van der Waals surface area contributed by atoms with Gasteiger partial charge in [0.05, 0.1) is 6.42 Å². The summed E-state index contributed by atoms with van der Waals surface area (Å²) in [4.78, 5) is 31.7. The SMILES string of the molecule is O=[C]CC([C]=O)OCOC(=O)Cc1ccccc1. The fourth-order valence-corrected chi connectivity index (χ4v) is 1.21. The number of ether oxygens (including phenoxy) is 2. The molecule has 0 spiro atoms. The molecule has 5 nitrogen and oxygen atoms in total. The Bertz CT molecular complexity index is 388. The molecule has 0 aliphatic heterocycles. The summed E-state index contributed by atoms with van der Waals surface area (Å²) in [6.07, 6.45) is 1.89. The quantitative estimate of drug-likeness (QED) is 0.501. The average molecular weight is 248 g/mol. The molecule has 0 amide bonds. The zero-order chi connectivity index (χ0) is 13.2. The van der Waals surface area contributed by atoms with Crippen LogP contribution in [0.3, 0.4) is 0 Å². The highest BCUT2D eigenvalue weighted by atomic mass is 16.7. The normalized spacial score (nSPS) is 11.6. The van der Waals surface area contributed by atoms with Gasteiger partial charge in [0, 0.05) is 6.42 Å². The molecule has 0 heterocycles. The summed E-state index contributed by atoms with van der Waals surface area (Å²) in [5.41, 5.74) is 0.822. The Balaban J connectivity index is 2.25. The summed E-state index contributed by atoms with van der Waals surface area (Å²) >= 11 is 0. The lowest BCUT2D eigenvalue weighted by molar-refractivity contribution is -0.157. The summed E-state index contributed by atoms with van der Waals surface area (Å²) in [5.74, 6) is -0.471. The van der Waals surface area contributed by atoms with Crippen LogP contribution in [0, 0.1) is 0 Å². The van der Waals surface area contributed by atoms with Crippen molar-refractivity contribution in [2.45, 2.75) is 18.9 Å². The van der Waals surface area contributed by atoms with Crippen molar-refractivity contribution in [2.24, 2.45) is 0 Å². The first kappa shape index (κ1) is 14.1. The van der Waals surface area contributed by atoms with Gasteiger partial charge in [-0.1, -0.05) is 30.3 Å². The standard InChI is InChI=1S/C13H12O5/c14-7-6-12(9-15)17-10-18-13(16)8-11-4-2-1-3-5-11/h1-5,12H,6,8,10H2. The largest absolute Gasteiger partial charge is 0.438 e. The Morgan fingerprint density at radius 2 is 1.94 bits per heavy atom. The zero-order valence-corrected chi connectivity index (χ0v) is 9.63. The van der Waals surface area contributed by atoms with Gasteiger partial charge in [-0.15, -0.1) is 0 Å². The summed E-state index contributed by atoms with van der Waals surface area (Å²) in [5, 5.41) is 0. The van der Waals surface area contributed by atoms with Gasteiger partial charge in [-0.25, -0.2) is 0 Å². The Hall–Kier alpha value is -2.01. The lowest BCUT2D eigenvalue weighted by Crippen LogP contribution is -2.19. The van der Waals surface area contributed by atoms with E-state index in [1.807, 2.05) is 18.2 Å². The maximum Gasteiger partial charge on any atom is 0.312 e. The molecule has 0 bridgehead atoms. The predicted molar refractivity (Wildman–Crippen MR) is 62.0 cm³/mol. The van der Waals surface area contributed by atoms with E-state index in [2.05, 4.69) is 0 Å². The molecule has 1 aromatic carbocycles. The van der Waals surface area contributed by atoms with Gasteiger partial charge >= 0.3 is 5.97 Å². The third-order valence-electron chi connectivity index (χ3n) is 2.08. The molecule has 0 fully saturated rings. The Morgan fingerprint density at radius 3 is 2.56 bits per heavy atom. The molecule has 0 aromatic heterocycles. The Morgan fingerprint density at radius 1 is 1.22 bits per heavy atom. The highest BCUT2D eigenvalue weighted by molar-refractivity contribution is 5.72. The van der Waals surface area contributed by atoms with Crippen LogP contribution in [0.25, 0.3) is 0 Å². The van der Waals surface area contributed by atoms with Crippen molar-refractivity contribution in [1.82, 2.24) is 0 Å². The van der Waals surface area contributed by atoms with Crippen LogP contribution in [0.15, 0.2) is 30.3 Å². The molecule has 1 unspecified atom stereocenters. The molecule has 0 N–H and O–H groups in total. The van der Waals surface area contributed by atoms with Gasteiger partial charge in [0.1, 0.15) is 6.10 Å². The van der Waals surface area contributed by atoms with E-state index in [0.29, 0.717) is 0 Å². The van der Waals surface area contributed by atoms with Crippen LogP contribution in [-0.4, -0.2) is 31.4 Å².